The first kappa shape index (κ1) is 34.1. The monoisotopic (exact) mass is 510 g/mol. The predicted molar refractivity (Wildman–Crippen MR) is 163 cm³/mol. The molecule has 2 aliphatic rings. The standard InChI is InChI=1S/C11H16N4.C10H20.C8H12N2.C2H6/c1-5-6-15-9(3)11(8(2)13-4)10(12)7-14-15;1-8-6-5-7-10(3,4)9(8)2;1-7-5-8(6-9-2)3-4-10-7;1-2/h5,7,13H,1-3,6,12H2,4H3;8-9H,5-7H2,1-4H3;3-5,9H,6H2,1-2H3;1-2H3/t;8-,9?;;/m.0../s1. The van der Waals surface area contributed by atoms with Gasteiger partial charge in [-0.25, -0.2) is 0 Å². The summed E-state index contributed by atoms with van der Waals surface area (Å²) in [5.41, 5.74) is 11.6. The van der Waals surface area contributed by atoms with Crippen molar-refractivity contribution in [1.29, 1.82) is 0 Å². The summed E-state index contributed by atoms with van der Waals surface area (Å²) >= 11 is 0. The molecule has 37 heavy (non-hydrogen) atoms. The second-order valence-electron chi connectivity index (χ2n) is 10.1. The summed E-state index contributed by atoms with van der Waals surface area (Å²) in [4.78, 5) is 4.09. The lowest BCUT2D eigenvalue weighted by Crippen LogP contribution is -2.31. The second-order valence-corrected chi connectivity index (χ2v) is 10.1. The third kappa shape index (κ3) is 11.4. The highest BCUT2D eigenvalue weighted by molar-refractivity contribution is 5.82. The van der Waals surface area contributed by atoms with E-state index in [4.69, 9.17) is 5.73 Å². The Morgan fingerprint density at radius 3 is 2.41 bits per heavy atom. The van der Waals surface area contributed by atoms with Gasteiger partial charge in [0.05, 0.1) is 24.2 Å². The number of hydrogen-bond acceptors (Lipinski definition) is 6. The van der Waals surface area contributed by atoms with Crippen LogP contribution in [-0.4, -0.2) is 36.8 Å². The van der Waals surface area contributed by atoms with Crippen molar-refractivity contribution in [3.63, 3.8) is 0 Å². The van der Waals surface area contributed by atoms with E-state index in [1.54, 1.807) is 24.3 Å². The molecule has 6 heteroatoms. The molecule has 0 saturated heterocycles. The van der Waals surface area contributed by atoms with Crippen molar-refractivity contribution in [1.82, 2.24) is 20.6 Å². The molecule has 1 fully saturated rings. The Balaban J connectivity index is 0.000000522. The highest BCUT2D eigenvalue weighted by atomic mass is 15.5. The predicted octanol–water partition coefficient (Wildman–Crippen LogP) is 6.54. The van der Waals surface area contributed by atoms with E-state index in [1.165, 1.54) is 24.8 Å². The molecule has 0 amide bonds. The number of hydrogen-bond donors (Lipinski definition) is 3. The SMILES string of the molecule is C=CCN1N=CC(N)=C(C(=C)NC)C1=C.CC.CC1[C@@H](C)CCCC1(C)C.CNCc1ccnc(C)c1. The Hall–Kier alpha value is -2.86. The van der Waals surface area contributed by atoms with Crippen molar-refractivity contribution in [2.45, 2.75) is 74.3 Å². The summed E-state index contributed by atoms with van der Waals surface area (Å²) in [6.07, 6.45) is 9.50. The van der Waals surface area contributed by atoms with E-state index in [9.17, 15) is 0 Å². The molecule has 1 aliphatic heterocycles. The van der Waals surface area contributed by atoms with Crippen LogP contribution in [-0.2, 0) is 6.54 Å². The summed E-state index contributed by atoms with van der Waals surface area (Å²) in [6.45, 7) is 28.6. The molecule has 2 atom stereocenters. The van der Waals surface area contributed by atoms with Gasteiger partial charge in [-0.15, -0.1) is 6.58 Å². The highest BCUT2D eigenvalue weighted by Crippen LogP contribution is 2.43. The first-order chi connectivity index (χ1) is 17.5. The van der Waals surface area contributed by atoms with Gasteiger partial charge in [-0.05, 0) is 55.3 Å². The summed E-state index contributed by atoms with van der Waals surface area (Å²) in [5.74, 6) is 1.87. The van der Waals surface area contributed by atoms with E-state index in [-0.39, 0.29) is 0 Å². The van der Waals surface area contributed by atoms with Crippen molar-refractivity contribution in [2.24, 2.45) is 28.1 Å². The van der Waals surface area contributed by atoms with Gasteiger partial charge in [-0.1, -0.05) is 73.6 Å². The number of nitrogens with zero attached hydrogens (tertiary/aromatic N) is 3. The number of likely N-dealkylation sites (N-methyl/N-ethyl adjacent to an activating group) is 1. The van der Waals surface area contributed by atoms with E-state index in [0.717, 1.165) is 41.0 Å². The van der Waals surface area contributed by atoms with Crippen molar-refractivity contribution in [3.05, 3.63) is 78.1 Å². The Morgan fingerprint density at radius 2 is 1.92 bits per heavy atom. The van der Waals surface area contributed by atoms with E-state index < -0.39 is 0 Å². The Morgan fingerprint density at radius 1 is 1.27 bits per heavy atom. The lowest BCUT2D eigenvalue weighted by Gasteiger charge is -2.40. The third-order valence-corrected chi connectivity index (χ3v) is 7.04. The van der Waals surface area contributed by atoms with Gasteiger partial charge in [-0.3, -0.25) is 9.99 Å². The van der Waals surface area contributed by atoms with Gasteiger partial charge in [-0.2, -0.15) is 5.10 Å². The maximum absolute atomic E-state index is 5.82. The van der Waals surface area contributed by atoms with Gasteiger partial charge in [0.25, 0.3) is 0 Å². The van der Waals surface area contributed by atoms with Crippen molar-refractivity contribution >= 4 is 6.21 Å². The molecule has 0 bridgehead atoms. The van der Waals surface area contributed by atoms with Crippen LogP contribution in [0, 0.1) is 24.2 Å². The van der Waals surface area contributed by atoms with Crippen molar-refractivity contribution in [3.8, 4) is 0 Å². The Labute approximate surface area is 227 Å². The van der Waals surface area contributed by atoms with Crippen LogP contribution in [0.15, 0.2) is 71.9 Å². The molecule has 0 aromatic carbocycles. The van der Waals surface area contributed by atoms with Crippen LogP contribution in [0.5, 0.6) is 0 Å². The van der Waals surface area contributed by atoms with Crippen LogP contribution >= 0.6 is 0 Å². The topological polar surface area (TPSA) is 78.6 Å². The molecule has 208 valence electrons. The van der Waals surface area contributed by atoms with Crippen LogP contribution < -0.4 is 16.4 Å². The molecule has 2 heterocycles. The van der Waals surface area contributed by atoms with Crippen LogP contribution in [0.25, 0.3) is 0 Å². The summed E-state index contributed by atoms with van der Waals surface area (Å²) in [7, 11) is 3.73. The fraction of sp³-hybridized carbons (Fsp3) is 0.548. The number of nitrogens with two attached hydrogens (primary N) is 1. The van der Waals surface area contributed by atoms with Gasteiger partial charge in [0.15, 0.2) is 0 Å². The fourth-order valence-corrected chi connectivity index (χ4v) is 4.36. The van der Waals surface area contributed by atoms with E-state index >= 15 is 0 Å². The number of nitrogens with one attached hydrogen (secondary N) is 2. The molecule has 1 unspecified atom stereocenters. The minimum atomic E-state index is 0.569. The molecule has 4 N–H and O–H groups in total. The summed E-state index contributed by atoms with van der Waals surface area (Å²) in [5, 5.41) is 11.9. The zero-order valence-electron chi connectivity index (χ0n) is 25.1. The number of allylic oxidation sites excluding steroid dienone is 1. The second kappa shape index (κ2) is 17.6. The Kier molecular flexibility index (Phi) is 16.2. The normalized spacial score (nSPS) is 19.8. The maximum atomic E-state index is 5.82. The van der Waals surface area contributed by atoms with Gasteiger partial charge >= 0.3 is 0 Å². The number of aryl methyl sites for hydroxylation is 1. The lowest BCUT2D eigenvalue weighted by atomic mass is 9.65. The molecular formula is C31H54N6. The summed E-state index contributed by atoms with van der Waals surface area (Å²) in [6, 6.07) is 4.10. The molecule has 6 nitrogen and oxygen atoms in total. The number of rotatable bonds is 6. The van der Waals surface area contributed by atoms with Gasteiger partial charge in [0, 0.05) is 36.8 Å². The molecule has 1 aromatic rings. The van der Waals surface area contributed by atoms with Crippen LogP contribution in [0.3, 0.4) is 0 Å². The minimum Gasteiger partial charge on any atom is -0.397 e. The zero-order valence-corrected chi connectivity index (χ0v) is 25.1. The van der Waals surface area contributed by atoms with E-state index in [0.29, 0.717) is 17.7 Å². The van der Waals surface area contributed by atoms with Crippen LogP contribution in [0.1, 0.15) is 72.1 Å². The molecule has 1 aromatic heterocycles. The van der Waals surface area contributed by atoms with Gasteiger partial charge < -0.3 is 16.4 Å². The average Bonchev–Trinajstić information content (AvgIpc) is 2.86. The lowest BCUT2D eigenvalue weighted by molar-refractivity contribution is 0.0996. The number of aromatic nitrogens is 1. The minimum absolute atomic E-state index is 0.569. The van der Waals surface area contributed by atoms with E-state index in [1.807, 2.05) is 40.1 Å². The first-order valence-corrected chi connectivity index (χ1v) is 13.5. The smallest absolute Gasteiger partial charge is 0.0712 e. The average molecular weight is 511 g/mol. The summed E-state index contributed by atoms with van der Waals surface area (Å²) < 4.78 is 0. The third-order valence-electron chi connectivity index (χ3n) is 7.04. The zero-order chi connectivity index (χ0) is 28.6. The quantitative estimate of drug-likeness (QED) is 0.379. The highest BCUT2D eigenvalue weighted by Gasteiger charge is 2.32. The molecule has 0 spiro atoms. The molecule has 0 radical (unpaired) electrons. The molecular weight excluding hydrogens is 456 g/mol. The van der Waals surface area contributed by atoms with Crippen molar-refractivity contribution in [2.75, 3.05) is 20.6 Å². The van der Waals surface area contributed by atoms with Gasteiger partial charge in [0.1, 0.15) is 0 Å². The number of pyridine rings is 1. The van der Waals surface area contributed by atoms with E-state index in [2.05, 4.69) is 74.2 Å². The molecule has 1 saturated carbocycles. The van der Waals surface area contributed by atoms with Gasteiger partial charge in [0.2, 0.25) is 0 Å². The fourth-order valence-electron chi connectivity index (χ4n) is 4.36. The van der Waals surface area contributed by atoms with Crippen LogP contribution in [0.4, 0.5) is 0 Å². The molecule has 3 rings (SSSR count). The van der Waals surface area contributed by atoms with Crippen LogP contribution in [0.2, 0.25) is 0 Å². The maximum Gasteiger partial charge on any atom is 0.0712 e. The number of hydrazone groups is 1. The first-order valence-electron chi connectivity index (χ1n) is 13.5. The molecule has 1 aliphatic carbocycles. The largest absolute Gasteiger partial charge is 0.397 e. The van der Waals surface area contributed by atoms with Crippen molar-refractivity contribution < 1.29 is 0 Å². The Bertz CT molecular complexity index is 912.